The van der Waals surface area contributed by atoms with Gasteiger partial charge in [0.05, 0.1) is 17.3 Å². The zero-order chi connectivity index (χ0) is 14.8. The Hall–Kier alpha value is -2.41. The molecule has 0 saturated carbocycles. The normalized spacial score (nSPS) is 13.9. The molecule has 1 aliphatic rings. The molecule has 2 aromatic rings. The number of nitrogens with zero attached hydrogens (tertiary/aromatic N) is 4. The van der Waals surface area contributed by atoms with Crippen molar-refractivity contribution in [1.29, 1.82) is 5.26 Å². The van der Waals surface area contributed by atoms with Gasteiger partial charge in [-0.15, -0.1) is 0 Å². The molecule has 0 aliphatic carbocycles. The van der Waals surface area contributed by atoms with Crippen LogP contribution >= 0.6 is 0 Å². The van der Waals surface area contributed by atoms with E-state index in [0.717, 1.165) is 30.6 Å². The van der Waals surface area contributed by atoms with Crippen LogP contribution in [0.3, 0.4) is 0 Å². The average molecular weight is 278 g/mol. The number of benzene rings is 1. The van der Waals surface area contributed by atoms with E-state index in [1.165, 1.54) is 17.6 Å². The number of nitriles is 1. The minimum Gasteiger partial charge on any atom is -0.369 e. The topological polar surface area (TPSA) is 52.8 Å². The number of hydrogen-bond donors (Lipinski definition) is 0. The van der Waals surface area contributed by atoms with Gasteiger partial charge in [-0.05, 0) is 50.5 Å². The molecule has 0 bridgehead atoms. The molecular weight excluding hydrogens is 260 g/mol. The molecule has 0 saturated heterocycles. The van der Waals surface area contributed by atoms with Crippen molar-refractivity contribution in [2.45, 2.75) is 32.7 Å². The van der Waals surface area contributed by atoms with Crippen LogP contribution in [-0.4, -0.2) is 22.6 Å². The third kappa shape index (κ3) is 2.47. The van der Waals surface area contributed by atoms with Crippen molar-refractivity contribution in [3.05, 3.63) is 41.9 Å². The number of hydrogen-bond acceptors (Lipinski definition) is 4. The molecule has 0 spiro atoms. The molecule has 0 fully saturated rings. The van der Waals surface area contributed by atoms with Crippen LogP contribution in [0.15, 0.2) is 30.7 Å². The molecule has 0 atom stereocenters. The van der Waals surface area contributed by atoms with Crippen LogP contribution in [0.25, 0.3) is 11.3 Å². The van der Waals surface area contributed by atoms with Gasteiger partial charge in [-0.1, -0.05) is 0 Å². The smallest absolute Gasteiger partial charge is 0.116 e. The average Bonchev–Trinajstić information content (AvgIpc) is 2.53. The van der Waals surface area contributed by atoms with Crippen molar-refractivity contribution in [2.24, 2.45) is 0 Å². The maximum Gasteiger partial charge on any atom is 0.116 e. The molecule has 21 heavy (non-hydrogen) atoms. The fourth-order valence-corrected chi connectivity index (χ4v) is 2.95. The van der Waals surface area contributed by atoms with Gasteiger partial charge in [0.2, 0.25) is 0 Å². The van der Waals surface area contributed by atoms with Gasteiger partial charge in [0.15, 0.2) is 0 Å². The first-order valence-corrected chi connectivity index (χ1v) is 7.30. The van der Waals surface area contributed by atoms with Gasteiger partial charge in [0.1, 0.15) is 6.33 Å². The maximum absolute atomic E-state index is 9.49. The SMILES string of the molecule is CC(C)N1CCCc2cc(-c3ccncn3)c(C#N)cc21. The summed E-state index contributed by atoms with van der Waals surface area (Å²) in [7, 11) is 0. The summed E-state index contributed by atoms with van der Waals surface area (Å²) in [5.41, 5.74) is 4.91. The van der Waals surface area contributed by atoms with Gasteiger partial charge in [-0.3, -0.25) is 0 Å². The third-order valence-corrected chi connectivity index (χ3v) is 3.98. The summed E-state index contributed by atoms with van der Waals surface area (Å²) >= 11 is 0. The minimum absolute atomic E-state index is 0.445. The van der Waals surface area contributed by atoms with E-state index in [9.17, 15) is 5.26 Å². The molecule has 1 aromatic carbocycles. The fraction of sp³-hybridized carbons (Fsp3) is 0.353. The maximum atomic E-state index is 9.49. The van der Waals surface area contributed by atoms with E-state index in [-0.39, 0.29) is 0 Å². The first-order chi connectivity index (χ1) is 10.2. The molecule has 0 N–H and O–H groups in total. The highest BCUT2D eigenvalue weighted by atomic mass is 15.2. The zero-order valence-corrected chi connectivity index (χ0v) is 12.4. The van der Waals surface area contributed by atoms with E-state index in [0.29, 0.717) is 11.6 Å². The van der Waals surface area contributed by atoms with Crippen LogP contribution in [0.2, 0.25) is 0 Å². The summed E-state index contributed by atoms with van der Waals surface area (Å²) in [5, 5.41) is 9.49. The predicted octanol–water partition coefficient (Wildman–Crippen LogP) is 3.18. The summed E-state index contributed by atoms with van der Waals surface area (Å²) in [4.78, 5) is 10.6. The Kier molecular flexibility index (Phi) is 3.57. The van der Waals surface area contributed by atoms with Crippen LogP contribution in [0.4, 0.5) is 5.69 Å². The minimum atomic E-state index is 0.445. The van der Waals surface area contributed by atoms with Gasteiger partial charge in [0, 0.05) is 30.0 Å². The monoisotopic (exact) mass is 278 g/mol. The van der Waals surface area contributed by atoms with Crippen molar-refractivity contribution < 1.29 is 0 Å². The van der Waals surface area contributed by atoms with Crippen LogP contribution < -0.4 is 4.90 Å². The van der Waals surface area contributed by atoms with E-state index >= 15 is 0 Å². The van der Waals surface area contributed by atoms with Gasteiger partial charge in [0.25, 0.3) is 0 Å². The van der Waals surface area contributed by atoms with Crippen LogP contribution in [0.5, 0.6) is 0 Å². The Balaban J connectivity index is 2.15. The Morgan fingerprint density at radius 1 is 1.33 bits per heavy atom. The first-order valence-electron chi connectivity index (χ1n) is 7.30. The van der Waals surface area contributed by atoms with E-state index in [1.54, 1.807) is 6.20 Å². The van der Waals surface area contributed by atoms with Crippen LogP contribution in [0, 0.1) is 11.3 Å². The zero-order valence-electron chi connectivity index (χ0n) is 12.4. The molecule has 2 heterocycles. The molecule has 0 radical (unpaired) electrons. The second-order valence-electron chi connectivity index (χ2n) is 5.62. The quantitative estimate of drug-likeness (QED) is 0.846. The van der Waals surface area contributed by atoms with Gasteiger partial charge < -0.3 is 4.90 Å². The van der Waals surface area contributed by atoms with E-state index in [1.807, 2.05) is 12.1 Å². The van der Waals surface area contributed by atoms with Gasteiger partial charge >= 0.3 is 0 Å². The number of rotatable bonds is 2. The summed E-state index contributed by atoms with van der Waals surface area (Å²) in [6.45, 7) is 5.45. The molecule has 1 aliphatic heterocycles. The van der Waals surface area contributed by atoms with Crippen molar-refractivity contribution in [1.82, 2.24) is 9.97 Å². The van der Waals surface area contributed by atoms with E-state index in [4.69, 9.17) is 0 Å². The Morgan fingerprint density at radius 2 is 2.19 bits per heavy atom. The van der Waals surface area contributed by atoms with Gasteiger partial charge in [-0.2, -0.15) is 5.26 Å². The van der Waals surface area contributed by atoms with Crippen LogP contribution in [-0.2, 0) is 6.42 Å². The second kappa shape index (κ2) is 5.53. The Labute approximate surface area is 125 Å². The summed E-state index contributed by atoms with van der Waals surface area (Å²) in [5.74, 6) is 0. The molecule has 0 amide bonds. The summed E-state index contributed by atoms with van der Waals surface area (Å²) in [6.07, 6.45) is 5.45. The highest BCUT2D eigenvalue weighted by Gasteiger charge is 2.21. The lowest BCUT2D eigenvalue weighted by atomic mass is 9.93. The van der Waals surface area contributed by atoms with Crippen LogP contribution in [0.1, 0.15) is 31.4 Å². The first kappa shape index (κ1) is 13.6. The Morgan fingerprint density at radius 3 is 2.86 bits per heavy atom. The van der Waals surface area contributed by atoms with E-state index < -0.39 is 0 Å². The van der Waals surface area contributed by atoms with Crippen molar-refractivity contribution >= 4 is 5.69 Å². The molecule has 0 unspecified atom stereocenters. The van der Waals surface area contributed by atoms with Crippen molar-refractivity contribution in [2.75, 3.05) is 11.4 Å². The lowest BCUT2D eigenvalue weighted by molar-refractivity contribution is 0.625. The molecule has 4 nitrogen and oxygen atoms in total. The van der Waals surface area contributed by atoms with Crippen molar-refractivity contribution in [3.8, 4) is 17.3 Å². The lowest BCUT2D eigenvalue weighted by Crippen LogP contribution is -2.35. The summed E-state index contributed by atoms with van der Waals surface area (Å²) < 4.78 is 0. The largest absolute Gasteiger partial charge is 0.369 e. The lowest BCUT2D eigenvalue weighted by Gasteiger charge is -2.35. The highest BCUT2D eigenvalue weighted by molar-refractivity contribution is 5.74. The fourth-order valence-electron chi connectivity index (χ4n) is 2.95. The number of aromatic nitrogens is 2. The van der Waals surface area contributed by atoms with E-state index in [2.05, 4.69) is 40.9 Å². The Bertz CT molecular complexity index is 686. The molecule has 1 aromatic heterocycles. The van der Waals surface area contributed by atoms with Gasteiger partial charge in [-0.25, -0.2) is 9.97 Å². The number of aryl methyl sites for hydroxylation is 1. The molecule has 106 valence electrons. The molecular formula is C17H18N4. The number of fused-ring (bicyclic) bond motifs is 1. The summed E-state index contributed by atoms with van der Waals surface area (Å²) in [6, 6.07) is 8.76. The highest BCUT2D eigenvalue weighted by Crippen LogP contribution is 2.34. The predicted molar refractivity (Wildman–Crippen MR) is 83.0 cm³/mol. The second-order valence-corrected chi connectivity index (χ2v) is 5.62. The van der Waals surface area contributed by atoms with Crippen molar-refractivity contribution in [3.63, 3.8) is 0 Å². The molecule has 3 rings (SSSR count). The standard InChI is InChI=1S/C17H18N4/c1-12(2)21-7-3-4-13-8-15(14(10-18)9-17(13)21)16-5-6-19-11-20-16/h5-6,8-9,11-12H,3-4,7H2,1-2H3. The molecule has 4 heteroatoms. The third-order valence-electron chi connectivity index (χ3n) is 3.98. The number of anilines is 1.